The normalized spacial score (nSPS) is 10.7. The maximum atomic E-state index is 11.3. The van der Waals surface area contributed by atoms with Crippen LogP contribution in [0.2, 0.25) is 0 Å². The molecule has 1 heterocycles. The number of carbonyl (C=O) groups excluding carboxylic acids is 1. The van der Waals surface area contributed by atoms with E-state index in [0.717, 1.165) is 17.5 Å². The lowest BCUT2D eigenvalue weighted by Gasteiger charge is -2.13. The maximum absolute atomic E-state index is 11.3. The second-order valence-corrected chi connectivity index (χ2v) is 4.55. The number of rotatable bonds is 5. The number of aromatic nitrogens is 2. The summed E-state index contributed by atoms with van der Waals surface area (Å²) in [6, 6.07) is 7.72. The van der Waals surface area contributed by atoms with E-state index < -0.39 is 0 Å². The van der Waals surface area contributed by atoms with E-state index in [1.54, 1.807) is 12.3 Å². The first-order valence-electron chi connectivity index (χ1n) is 6.43. The van der Waals surface area contributed by atoms with Crippen molar-refractivity contribution in [1.82, 2.24) is 9.78 Å². The van der Waals surface area contributed by atoms with Crippen molar-refractivity contribution < 1.29 is 9.53 Å². The molecule has 0 bridgehead atoms. The first-order chi connectivity index (χ1) is 9.17. The molecule has 0 saturated carbocycles. The highest BCUT2D eigenvalue weighted by Crippen LogP contribution is 2.27. The molecular formula is C15H18N2O2. The summed E-state index contributed by atoms with van der Waals surface area (Å²) >= 11 is 0. The van der Waals surface area contributed by atoms with Crippen molar-refractivity contribution in [3.63, 3.8) is 0 Å². The zero-order valence-corrected chi connectivity index (χ0v) is 11.5. The molecule has 0 atom stereocenters. The van der Waals surface area contributed by atoms with Crippen molar-refractivity contribution >= 4 is 6.29 Å². The molecule has 2 aromatic rings. The lowest BCUT2D eigenvalue weighted by molar-refractivity contribution is 0.112. The van der Waals surface area contributed by atoms with E-state index in [4.69, 9.17) is 4.74 Å². The van der Waals surface area contributed by atoms with E-state index in [2.05, 4.69) is 18.9 Å². The van der Waals surface area contributed by atoms with Crippen LogP contribution in [0.1, 0.15) is 37.2 Å². The van der Waals surface area contributed by atoms with Gasteiger partial charge in [0.25, 0.3) is 0 Å². The molecule has 0 fully saturated rings. The molecule has 0 spiro atoms. The smallest absolute Gasteiger partial charge is 0.150 e. The van der Waals surface area contributed by atoms with Gasteiger partial charge >= 0.3 is 0 Å². The maximum Gasteiger partial charge on any atom is 0.150 e. The lowest BCUT2D eigenvalue weighted by atomic mass is 10.0. The van der Waals surface area contributed by atoms with Crippen molar-refractivity contribution in [3.05, 3.63) is 36.0 Å². The highest BCUT2D eigenvalue weighted by atomic mass is 16.5. The summed E-state index contributed by atoms with van der Waals surface area (Å²) in [6.07, 6.45) is 2.61. The van der Waals surface area contributed by atoms with Crippen molar-refractivity contribution in [3.8, 4) is 17.0 Å². The lowest BCUT2D eigenvalue weighted by Crippen LogP contribution is -2.05. The summed E-state index contributed by atoms with van der Waals surface area (Å²) in [5.74, 6) is 0.712. The SMILES string of the molecule is CCOc1ccc(-c2ccnn2C(C)C)c(C=O)c1. The summed E-state index contributed by atoms with van der Waals surface area (Å²) in [6.45, 7) is 6.63. The van der Waals surface area contributed by atoms with Crippen LogP contribution in [0.15, 0.2) is 30.5 Å². The molecule has 0 saturated heterocycles. The topological polar surface area (TPSA) is 44.1 Å². The van der Waals surface area contributed by atoms with Crippen LogP contribution >= 0.6 is 0 Å². The predicted octanol–water partition coefficient (Wildman–Crippen LogP) is 3.34. The number of carbonyl (C=O) groups is 1. The van der Waals surface area contributed by atoms with Gasteiger partial charge in [-0.15, -0.1) is 0 Å². The van der Waals surface area contributed by atoms with Gasteiger partial charge in [0.1, 0.15) is 5.75 Å². The highest BCUT2D eigenvalue weighted by Gasteiger charge is 2.12. The Morgan fingerprint density at radius 3 is 2.79 bits per heavy atom. The van der Waals surface area contributed by atoms with Crippen molar-refractivity contribution in [2.45, 2.75) is 26.8 Å². The molecule has 4 nitrogen and oxygen atoms in total. The van der Waals surface area contributed by atoms with Crippen LogP contribution in [0.4, 0.5) is 0 Å². The summed E-state index contributed by atoms with van der Waals surface area (Å²) in [5, 5.41) is 4.30. The number of nitrogens with zero attached hydrogens (tertiary/aromatic N) is 2. The van der Waals surface area contributed by atoms with E-state index >= 15 is 0 Å². The van der Waals surface area contributed by atoms with Crippen molar-refractivity contribution in [1.29, 1.82) is 0 Å². The van der Waals surface area contributed by atoms with E-state index in [0.29, 0.717) is 17.9 Å². The highest BCUT2D eigenvalue weighted by molar-refractivity contribution is 5.87. The van der Waals surface area contributed by atoms with Gasteiger partial charge in [-0.2, -0.15) is 5.10 Å². The molecule has 0 amide bonds. The average Bonchev–Trinajstić information content (AvgIpc) is 2.88. The number of hydrogen-bond donors (Lipinski definition) is 0. The van der Waals surface area contributed by atoms with Crippen LogP contribution in [0.25, 0.3) is 11.3 Å². The molecular weight excluding hydrogens is 240 g/mol. The van der Waals surface area contributed by atoms with Crippen LogP contribution < -0.4 is 4.74 Å². The average molecular weight is 258 g/mol. The van der Waals surface area contributed by atoms with Gasteiger partial charge in [-0.05, 0) is 45.0 Å². The number of ether oxygens (including phenoxy) is 1. The van der Waals surface area contributed by atoms with Gasteiger partial charge in [-0.1, -0.05) is 0 Å². The second-order valence-electron chi connectivity index (χ2n) is 4.55. The van der Waals surface area contributed by atoms with Gasteiger partial charge in [0, 0.05) is 23.4 Å². The van der Waals surface area contributed by atoms with E-state index in [1.807, 2.05) is 29.8 Å². The number of benzene rings is 1. The Hall–Kier alpha value is -2.10. The van der Waals surface area contributed by atoms with Crippen LogP contribution in [-0.4, -0.2) is 22.7 Å². The monoisotopic (exact) mass is 258 g/mol. The van der Waals surface area contributed by atoms with E-state index in [-0.39, 0.29) is 6.04 Å². The fourth-order valence-corrected chi connectivity index (χ4v) is 2.07. The molecule has 1 aromatic carbocycles. The molecule has 1 aromatic heterocycles. The summed E-state index contributed by atoms with van der Waals surface area (Å²) in [7, 11) is 0. The van der Waals surface area contributed by atoms with Crippen LogP contribution in [0, 0.1) is 0 Å². The predicted molar refractivity (Wildman–Crippen MR) is 74.6 cm³/mol. The zero-order chi connectivity index (χ0) is 13.8. The molecule has 2 rings (SSSR count). The molecule has 100 valence electrons. The second kappa shape index (κ2) is 5.69. The zero-order valence-electron chi connectivity index (χ0n) is 11.5. The van der Waals surface area contributed by atoms with Crippen LogP contribution in [0.3, 0.4) is 0 Å². The minimum Gasteiger partial charge on any atom is -0.494 e. The first-order valence-corrected chi connectivity index (χ1v) is 6.43. The summed E-state index contributed by atoms with van der Waals surface area (Å²) < 4.78 is 7.32. The standard InChI is InChI=1S/C15H18N2O2/c1-4-19-13-5-6-14(12(9-13)10-18)15-7-8-16-17(15)11(2)3/h5-11H,4H2,1-3H3. The molecule has 4 heteroatoms. The summed E-state index contributed by atoms with van der Waals surface area (Å²) in [5.41, 5.74) is 2.44. The molecule has 0 aliphatic heterocycles. The largest absolute Gasteiger partial charge is 0.494 e. The minimum atomic E-state index is 0.246. The molecule has 0 unspecified atom stereocenters. The van der Waals surface area contributed by atoms with Gasteiger partial charge < -0.3 is 4.74 Å². The van der Waals surface area contributed by atoms with Crippen LogP contribution in [0.5, 0.6) is 5.75 Å². The van der Waals surface area contributed by atoms with Crippen LogP contribution in [-0.2, 0) is 0 Å². The third-order valence-corrected chi connectivity index (χ3v) is 2.90. The summed E-state index contributed by atoms with van der Waals surface area (Å²) in [4.78, 5) is 11.3. The van der Waals surface area contributed by atoms with Gasteiger partial charge in [0.2, 0.25) is 0 Å². The Morgan fingerprint density at radius 2 is 2.16 bits per heavy atom. The van der Waals surface area contributed by atoms with Gasteiger partial charge in [-0.3, -0.25) is 9.48 Å². The quantitative estimate of drug-likeness (QED) is 0.772. The fraction of sp³-hybridized carbons (Fsp3) is 0.333. The van der Waals surface area contributed by atoms with E-state index in [9.17, 15) is 4.79 Å². The first kappa shape index (κ1) is 13.3. The third kappa shape index (κ3) is 2.67. The molecule has 19 heavy (non-hydrogen) atoms. The Kier molecular flexibility index (Phi) is 4.00. The van der Waals surface area contributed by atoms with Crippen molar-refractivity contribution in [2.24, 2.45) is 0 Å². The minimum absolute atomic E-state index is 0.246. The van der Waals surface area contributed by atoms with Gasteiger partial charge in [-0.25, -0.2) is 0 Å². The molecule has 0 aliphatic rings. The number of hydrogen-bond acceptors (Lipinski definition) is 3. The molecule has 0 N–H and O–H groups in total. The third-order valence-electron chi connectivity index (χ3n) is 2.90. The Morgan fingerprint density at radius 1 is 1.37 bits per heavy atom. The Bertz CT molecular complexity index is 573. The molecule has 0 aliphatic carbocycles. The Balaban J connectivity index is 2.49. The van der Waals surface area contributed by atoms with Gasteiger partial charge in [0.05, 0.1) is 12.3 Å². The van der Waals surface area contributed by atoms with Crippen molar-refractivity contribution in [2.75, 3.05) is 6.61 Å². The molecule has 0 radical (unpaired) electrons. The van der Waals surface area contributed by atoms with Gasteiger partial charge in [0.15, 0.2) is 6.29 Å². The fourth-order valence-electron chi connectivity index (χ4n) is 2.07. The Labute approximate surface area is 113 Å². The number of aldehydes is 1. The van der Waals surface area contributed by atoms with E-state index in [1.165, 1.54) is 0 Å².